The van der Waals surface area contributed by atoms with Gasteiger partial charge in [0, 0.05) is 19.6 Å². The summed E-state index contributed by atoms with van der Waals surface area (Å²) in [6, 6.07) is 14.6. The summed E-state index contributed by atoms with van der Waals surface area (Å²) in [6.07, 6.45) is -6.44. The van der Waals surface area contributed by atoms with Crippen LogP contribution in [-0.2, 0) is 22.3 Å². The molecule has 0 fully saturated rings. The molecule has 1 atom stereocenters. The summed E-state index contributed by atoms with van der Waals surface area (Å²) in [5.41, 5.74) is 1.76. The van der Waals surface area contributed by atoms with E-state index in [0.717, 1.165) is 11.1 Å². The zero-order valence-corrected chi connectivity index (χ0v) is 23.4. The van der Waals surface area contributed by atoms with Gasteiger partial charge in [-0.1, -0.05) is 45.0 Å². The van der Waals surface area contributed by atoms with Crippen LogP contribution in [0.2, 0.25) is 18.1 Å². The maximum atomic E-state index is 14.0. The van der Waals surface area contributed by atoms with Crippen LogP contribution in [0, 0.1) is 0 Å². The lowest BCUT2D eigenvalue weighted by molar-refractivity contribution is -0.226. The van der Waals surface area contributed by atoms with Crippen LogP contribution in [0.15, 0.2) is 48.5 Å². The molecule has 202 valence electrons. The van der Waals surface area contributed by atoms with Gasteiger partial charge in [-0.2, -0.15) is 13.2 Å². The molecule has 1 unspecified atom stereocenters. The molecule has 0 N–H and O–H groups in total. The van der Waals surface area contributed by atoms with Crippen LogP contribution < -0.4 is 9.47 Å². The Morgan fingerprint density at radius 1 is 0.778 bits per heavy atom. The van der Waals surface area contributed by atoms with Gasteiger partial charge < -0.3 is 18.6 Å². The fourth-order valence-electron chi connectivity index (χ4n) is 3.35. The van der Waals surface area contributed by atoms with Gasteiger partial charge in [0.25, 0.3) is 0 Å². The van der Waals surface area contributed by atoms with E-state index < -0.39 is 20.6 Å². The smallest absolute Gasteiger partial charge is 0.415 e. The van der Waals surface area contributed by atoms with Gasteiger partial charge in [0.05, 0.1) is 27.4 Å². The molecular weight excluding hydrogens is 487 g/mol. The molecule has 2 aromatic carbocycles. The van der Waals surface area contributed by atoms with Crippen molar-refractivity contribution < 1.29 is 31.8 Å². The predicted molar refractivity (Wildman–Crippen MR) is 139 cm³/mol. The van der Waals surface area contributed by atoms with Gasteiger partial charge in [-0.05, 0) is 53.5 Å². The minimum Gasteiger partial charge on any atom is -0.497 e. The highest BCUT2D eigenvalue weighted by molar-refractivity contribution is 6.74. The molecule has 0 radical (unpaired) electrons. The number of rotatable bonds is 13. The first kappa shape index (κ1) is 30.2. The second-order valence-electron chi connectivity index (χ2n) is 10.4. The quantitative estimate of drug-likeness (QED) is 0.215. The number of nitrogens with zero attached hydrogens (tertiary/aromatic N) is 1. The molecule has 0 saturated heterocycles. The first-order valence-corrected chi connectivity index (χ1v) is 15.0. The van der Waals surface area contributed by atoms with Crippen LogP contribution in [0.1, 0.15) is 31.9 Å². The van der Waals surface area contributed by atoms with Crippen molar-refractivity contribution in [1.82, 2.24) is 4.90 Å². The fourth-order valence-corrected chi connectivity index (χ4v) is 4.38. The van der Waals surface area contributed by atoms with Crippen LogP contribution in [0.5, 0.6) is 11.5 Å². The van der Waals surface area contributed by atoms with Gasteiger partial charge in [-0.25, -0.2) is 0 Å². The highest BCUT2D eigenvalue weighted by Crippen LogP contribution is 2.36. The summed E-state index contributed by atoms with van der Waals surface area (Å²) >= 11 is 0. The fraction of sp³-hybridized carbons (Fsp3) is 0.556. The summed E-state index contributed by atoms with van der Waals surface area (Å²) in [5, 5.41) is -0.0239. The molecule has 0 heterocycles. The number of hydrogen-bond donors (Lipinski definition) is 0. The van der Waals surface area contributed by atoms with Gasteiger partial charge in [0.2, 0.25) is 0 Å². The molecule has 9 heteroatoms. The van der Waals surface area contributed by atoms with Crippen molar-refractivity contribution in [2.45, 2.75) is 64.3 Å². The van der Waals surface area contributed by atoms with Gasteiger partial charge in [0.15, 0.2) is 14.4 Å². The Balaban J connectivity index is 2.14. The van der Waals surface area contributed by atoms with E-state index in [4.69, 9.17) is 18.6 Å². The van der Waals surface area contributed by atoms with Crippen molar-refractivity contribution in [3.63, 3.8) is 0 Å². The maximum Gasteiger partial charge on any atom is 0.415 e. The first-order valence-electron chi connectivity index (χ1n) is 12.1. The number of alkyl halides is 3. The van der Waals surface area contributed by atoms with Gasteiger partial charge in [-0.15, -0.1) is 0 Å². The Morgan fingerprint density at radius 3 is 1.58 bits per heavy atom. The molecule has 0 aliphatic carbocycles. The normalized spacial score (nSPS) is 13.6. The van der Waals surface area contributed by atoms with Crippen molar-refractivity contribution in [1.29, 1.82) is 0 Å². The van der Waals surface area contributed by atoms with Gasteiger partial charge in [-0.3, -0.25) is 4.90 Å². The molecule has 0 aromatic heterocycles. The minimum absolute atomic E-state index is 0.0239. The van der Waals surface area contributed by atoms with Crippen LogP contribution >= 0.6 is 0 Å². The van der Waals surface area contributed by atoms with E-state index in [1.165, 1.54) is 0 Å². The number of hydrogen-bond acceptors (Lipinski definition) is 5. The van der Waals surface area contributed by atoms with Gasteiger partial charge >= 0.3 is 6.18 Å². The molecule has 0 bridgehead atoms. The van der Waals surface area contributed by atoms with Crippen LogP contribution in [0.25, 0.3) is 0 Å². The van der Waals surface area contributed by atoms with E-state index in [1.54, 1.807) is 43.4 Å². The zero-order valence-electron chi connectivity index (χ0n) is 22.4. The molecule has 0 aliphatic rings. The van der Waals surface area contributed by atoms with Crippen LogP contribution in [0.3, 0.4) is 0 Å². The standard InChI is InChI=1S/C27H40F3NO4Si/c1-26(2,3)36(6,7)35-17-16-34-25(27(28,29)30)20-31(18-21-8-12-23(32-4)13-9-21)19-22-10-14-24(33-5)15-11-22/h8-15,25H,16-20H2,1-7H3. The maximum absolute atomic E-state index is 14.0. The summed E-state index contributed by atoms with van der Waals surface area (Å²) in [4.78, 5) is 1.75. The Labute approximate surface area is 214 Å². The Kier molecular flexibility index (Phi) is 10.8. The lowest BCUT2D eigenvalue weighted by Gasteiger charge is -2.36. The van der Waals surface area contributed by atoms with E-state index in [2.05, 4.69) is 33.9 Å². The highest BCUT2D eigenvalue weighted by Gasteiger charge is 2.42. The number of ether oxygens (including phenoxy) is 3. The Hall–Kier alpha value is -2.07. The molecule has 0 spiro atoms. The third kappa shape index (κ3) is 9.42. The topological polar surface area (TPSA) is 40.2 Å². The summed E-state index contributed by atoms with van der Waals surface area (Å²) in [7, 11) is 1.08. The molecule has 0 saturated carbocycles. The second kappa shape index (κ2) is 12.9. The van der Waals surface area contributed by atoms with Crippen molar-refractivity contribution >= 4 is 8.32 Å². The average molecular weight is 528 g/mol. The molecule has 0 aliphatic heterocycles. The molecule has 5 nitrogen and oxygen atoms in total. The summed E-state index contributed by atoms with van der Waals surface area (Å²) in [6.45, 7) is 10.8. The van der Waals surface area contributed by atoms with E-state index in [-0.39, 0.29) is 24.8 Å². The van der Waals surface area contributed by atoms with Crippen molar-refractivity contribution in [2.75, 3.05) is 34.0 Å². The van der Waals surface area contributed by atoms with Crippen LogP contribution in [0.4, 0.5) is 13.2 Å². The molecular formula is C27H40F3NO4Si. The first-order chi connectivity index (χ1) is 16.7. The minimum atomic E-state index is -4.50. The Bertz CT molecular complexity index is 863. The van der Waals surface area contributed by atoms with Gasteiger partial charge in [0.1, 0.15) is 11.5 Å². The summed E-state index contributed by atoms with van der Waals surface area (Å²) < 4.78 is 63.8. The summed E-state index contributed by atoms with van der Waals surface area (Å²) in [5.74, 6) is 1.39. The average Bonchev–Trinajstić information content (AvgIpc) is 2.80. The third-order valence-electron chi connectivity index (χ3n) is 6.59. The number of methoxy groups -OCH3 is 2. The lowest BCUT2D eigenvalue weighted by atomic mass is 10.1. The van der Waals surface area contributed by atoms with Crippen molar-refractivity contribution in [3.8, 4) is 11.5 Å². The van der Waals surface area contributed by atoms with Crippen molar-refractivity contribution in [3.05, 3.63) is 59.7 Å². The van der Waals surface area contributed by atoms with Crippen LogP contribution in [-0.4, -0.2) is 59.5 Å². The molecule has 2 rings (SSSR count). The monoisotopic (exact) mass is 527 g/mol. The largest absolute Gasteiger partial charge is 0.497 e. The SMILES string of the molecule is COc1ccc(CN(Cc2ccc(OC)cc2)CC(OCCO[Si](C)(C)C(C)(C)C)C(F)(F)F)cc1. The molecule has 2 aromatic rings. The zero-order chi connectivity index (χ0) is 27.0. The lowest BCUT2D eigenvalue weighted by Crippen LogP contribution is -2.44. The predicted octanol–water partition coefficient (Wildman–Crippen LogP) is 6.68. The molecule has 0 amide bonds. The van der Waals surface area contributed by atoms with E-state index >= 15 is 0 Å². The highest BCUT2D eigenvalue weighted by atomic mass is 28.4. The Morgan fingerprint density at radius 2 is 1.22 bits per heavy atom. The molecule has 36 heavy (non-hydrogen) atoms. The van der Waals surface area contributed by atoms with E-state index in [1.807, 2.05) is 24.3 Å². The number of halogens is 3. The van der Waals surface area contributed by atoms with E-state index in [0.29, 0.717) is 24.6 Å². The van der Waals surface area contributed by atoms with E-state index in [9.17, 15) is 13.2 Å². The second-order valence-corrected chi connectivity index (χ2v) is 15.2. The third-order valence-corrected chi connectivity index (χ3v) is 11.1. The van der Waals surface area contributed by atoms with Crippen molar-refractivity contribution in [2.24, 2.45) is 0 Å². The number of benzene rings is 2.